The average molecular weight is 348 g/mol. The van der Waals surface area contributed by atoms with Crippen molar-refractivity contribution in [2.24, 2.45) is 0 Å². The molecular weight excluding hydrogens is 316 g/mol. The molecule has 0 radical (unpaired) electrons. The molecule has 0 bridgehead atoms. The number of carbonyl (C=O) groups excluding carboxylic acids is 1. The van der Waals surface area contributed by atoms with Crippen molar-refractivity contribution < 1.29 is 14.3 Å². The molecule has 0 aliphatic carbocycles. The molecule has 0 N–H and O–H groups in total. The van der Waals surface area contributed by atoms with E-state index in [4.69, 9.17) is 9.47 Å². The van der Waals surface area contributed by atoms with Crippen molar-refractivity contribution >= 4 is 5.91 Å². The van der Waals surface area contributed by atoms with Gasteiger partial charge in [-0.05, 0) is 37.1 Å². The topological polar surface area (TPSA) is 42.0 Å². The van der Waals surface area contributed by atoms with Crippen molar-refractivity contribution in [2.45, 2.75) is 45.6 Å². The Kier molecular flexibility index (Phi) is 8.06. The minimum absolute atomic E-state index is 0.254. The van der Waals surface area contributed by atoms with Gasteiger partial charge in [-0.15, -0.1) is 0 Å². The molecule has 1 aromatic carbocycles. The molecule has 140 valence electrons. The van der Waals surface area contributed by atoms with Gasteiger partial charge >= 0.3 is 0 Å². The van der Waals surface area contributed by atoms with Crippen LogP contribution >= 0.6 is 0 Å². The van der Waals surface area contributed by atoms with Gasteiger partial charge in [-0.2, -0.15) is 0 Å². The first-order chi connectivity index (χ1) is 12.2. The SMILES string of the molecule is CCN(CC(=O)N1CCCCCCC1)Cc1ccc(OC)c(OC)c1. The molecule has 1 aliphatic heterocycles. The third-order valence-electron chi connectivity index (χ3n) is 4.87. The Balaban J connectivity index is 1.96. The Morgan fingerprint density at radius 1 is 1.04 bits per heavy atom. The zero-order valence-electron chi connectivity index (χ0n) is 15.9. The molecule has 1 aromatic rings. The van der Waals surface area contributed by atoms with Gasteiger partial charge in [0, 0.05) is 19.6 Å². The molecule has 0 spiro atoms. The number of ether oxygens (including phenoxy) is 2. The quantitative estimate of drug-likeness (QED) is 0.758. The van der Waals surface area contributed by atoms with Crippen LogP contribution in [-0.4, -0.2) is 56.1 Å². The van der Waals surface area contributed by atoms with Crippen LogP contribution in [0.5, 0.6) is 11.5 Å². The molecule has 0 unspecified atom stereocenters. The number of likely N-dealkylation sites (tertiary alicyclic amines) is 1. The maximum atomic E-state index is 12.7. The number of likely N-dealkylation sites (N-methyl/N-ethyl adjacent to an activating group) is 1. The Bertz CT molecular complexity index is 540. The summed E-state index contributed by atoms with van der Waals surface area (Å²) in [4.78, 5) is 16.9. The normalized spacial score (nSPS) is 15.6. The van der Waals surface area contributed by atoms with Crippen LogP contribution in [0.25, 0.3) is 0 Å². The van der Waals surface area contributed by atoms with Crippen LogP contribution in [0, 0.1) is 0 Å². The summed E-state index contributed by atoms with van der Waals surface area (Å²) in [6, 6.07) is 5.94. The summed E-state index contributed by atoms with van der Waals surface area (Å²) in [7, 11) is 3.28. The number of amides is 1. The van der Waals surface area contributed by atoms with Gasteiger partial charge in [0.15, 0.2) is 11.5 Å². The van der Waals surface area contributed by atoms with E-state index in [9.17, 15) is 4.79 Å². The van der Waals surface area contributed by atoms with Gasteiger partial charge in [0.1, 0.15) is 0 Å². The summed E-state index contributed by atoms with van der Waals surface area (Å²) < 4.78 is 10.7. The standard InChI is InChI=1S/C20H32N2O3/c1-4-21(15-17-10-11-18(24-2)19(14-17)25-3)16-20(23)22-12-8-6-5-7-9-13-22/h10-11,14H,4-9,12-13,15-16H2,1-3H3. The predicted molar refractivity (Wildman–Crippen MR) is 100 cm³/mol. The number of hydrogen-bond acceptors (Lipinski definition) is 4. The molecule has 5 heteroatoms. The largest absolute Gasteiger partial charge is 0.493 e. The van der Waals surface area contributed by atoms with E-state index in [1.807, 2.05) is 18.2 Å². The van der Waals surface area contributed by atoms with Gasteiger partial charge < -0.3 is 14.4 Å². The van der Waals surface area contributed by atoms with Crippen molar-refractivity contribution in [1.29, 1.82) is 0 Å². The van der Waals surface area contributed by atoms with E-state index in [1.54, 1.807) is 14.2 Å². The second-order valence-corrected chi connectivity index (χ2v) is 6.64. The smallest absolute Gasteiger partial charge is 0.236 e. The van der Waals surface area contributed by atoms with E-state index in [-0.39, 0.29) is 5.91 Å². The highest BCUT2D eigenvalue weighted by Crippen LogP contribution is 2.28. The highest BCUT2D eigenvalue weighted by atomic mass is 16.5. The molecule has 0 saturated carbocycles. The summed E-state index contributed by atoms with van der Waals surface area (Å²) in [6.45, 7) is 5.97. The van der Waals surface area contributed by atoms with E-state index in [1.165, 1.54) is 19.3 Å². The minimum atomic E-state index is 0.254. The summed E-state index contributed by atoms with van der Waals surface area (Å²) in [5.41, 5.74) is 1.12. The second-order valence-electron chi connectivity index (χ2n) is 6.64. The Morgan fingerprint density at radius 3 is 2.28 bits per heavy atom. The van der Waals surface area contributed by atoms with E-state index in [0.29, 0.717) is 6.54 Å². The van der Waals surface area contributed by atoms with Gasteiger partial charge in [0.05, 0.1) is 20.8 Å². The fourth-order valence-corrected chi connectivity index (χ4v) is 3.30. The fourth-order valence-electron chi connectivity index (χ4n) is 3.30. The van der Waals surface area contributed by atoms with Crippen LogP contribution in [0.1, 0.15) is 44.6 Å². The van der Waals surface area contributed by atoms with Crippen molar-refractivity contribution in [3.63, 3.8) is 0 Å². The Labute approximate surface area is 151 Å². The number of methoxy groups -OCH3 is 2. The first kappa shape index (κ1) is 19.6. The zero-order chi connectivity index (χ0) is 18.1. The lowest BCUT2D eigenvalue weighted by Crippen LogP contribution is -2.41. The number of benzene rings is 1. The Hall–Kier alpha value is -1.75. The van der Waals surface area contributed by atoms with Crippen LogP contribution in [0.3, 0.4) is 0 Å². The lowest BCUT2D eigenvalue weighted by Gasteiger charge is -2.28. The van der Waals surface area contributed by atoms with Crippen LogP contribution in [0.15, 0.2) is 18.2 Å². The van der Waals surface area contributed by atoms with E-state index in [2.05, 4.69) is 16.7 Å². The lowest BCUT2D eigenvalue weighted by molar-refractivity contribution is -0.132. The molecule has 0 aromatic heterocycles. The van der Waals surface area contributed by atoms with E-state index in [0.717, 1.165) is 56.1 Å². The molecular formula is C20H32N2O3. The Morgan fingerprint density at radius 2 is 1.68 bits per heavy atom. The third-order valence-corrected chi connectivity index (χ3v) is 4.87. The molecule has 25 heavy (non-hydrogen) atoms. The number of nitrogens with zero attached hydrogens (tertiary/aromatic N) is 2. The minimum Gasteiger partial charge on any atom is -0.493 e. The van der Waals surface area contributed by atoms with E-state index >= 15 is 0 Å². The highest BCUT2D eigenvalue weighted by Gasteiger charge is 2.18. The van der Waals surface area contributed by atoms with Crippen molar-refractivity contribution in [3.8, 4) is 11.5 Å². The molecule has 1 heterocycles. The van der Waals surface area contributed by atoms with E-state index < -0.39 is 0 Å². The van der Waals surface area contributed by atoms with Crippen LogP contribution < -0.4 is 9.47 Å². The number of carbonyl (C=O) groups is 1. The lowest BCUT2D eigenvalue weighted by atomic mass is 10.1. The summed E-state index contributed by atoms with van der Waals surface area (Å²) in [5, 5.41) is 0. The first-order valence-corrected chi connectivity index (χ1v) is 9.39. The van der Waals surface area contributed by atoms with Crippen molar-refractivity contribution in [1.82, 2.24) is 9.80 Å². The predicted octanol–water partition coefficient (Wildman–Crippen LogP) is 3.32. The fraction of sp³-hybridized carbons (Fsp3) is 0.650. The first-order valence-electron chi connectivity index (χ1n) is 9.39. The zero-order valence-corrected chi connectivity index (χ0v) is 15.9. The summed E-state index contributed by atoms with van der Waals surface area (Å²) in [6.07, 6.45) is 6.06. The molecule has 1 aliphatic rings. The molecule has 1 saturated heterocycles. The van der Waals surface area contributed by atoms with Gasteiger partial charge in [-0.25, -0.2) is 0 Å². The van der Waals surface area contributed by atoms with Gasteiger partial charge in [-0.1, -0.05) is 32.3 Å². The third kappa shape index (κ3) is 5.92. The molecule has 1 fully saturated rings. The van der Waals surface area contributed by atoms with Gasteiger partial charge in [0.25, 0.3) is 0 Å². The molecule has 5 nitrogen and oxygen atoms in total. The molecule has 1 amide bonds. The second kappa shape index (κ2) is 10.3. The summed E-state index contributed by atoms with van der Waals surface area (Å²) in [5.74, 6) is 1.71. The number of rotatable bonds is 7. The number of hydrogen-bond donors (Lipinski definition) is 0. The average Bonchev–Trinajstić information content (AvgIpc) is 2.60. The maximum Gasteiger partial charge on any atom is 0.236 e. The van der Waals surface area contributed by atoms with Crippen LogP contribution in [0.2, 0.25) is 0 Å². The van der Waals surface area contributed by atoms with Gasteiger partial charge in [0.2, 0.25) is 5.91 Å². The highest BCUT2D eigenvalue weighted by molar-refractivity contribution is 5.78. The van der Waals surface area contributed by atoms with Crippen LogP contribution in [-0.2, 0) is 11.3 Å². The molecule has 0 atom stereocenters. The van der Waals surface area contributed by atoms with Crippen LogP contribution in [0.4, 0.5) is 0 Å². The van der Waals surface area contributed by atoms with Gasteiger partial charge in [-0.3, -0.25) is 9.69 Å². The van der Waals surface area contributed by atoms with Crippen molar-refractivity contribution in [2.75, 3.05) is 40.4 Å². The molecule has 2 rings (SSSR count). The monoisotopic (exact) mass is 348 g/mol. The summed E-state index contributed by atoms with van der Waals surface area (Å²) >= 11 is 0. The maximum absolute atomic E-state index is 12.7. The van der Waals surface area contributed by atoms with Crippen molar-refractivity contribution in [3.05, 3.63) is 23.8 Å².